The Morgan fingerprint density at radius 2 is 1.90 bits per heavy atom. The molecular formula is C20H14N4O2S3. The molecule has 0 spiro atoms. The van der Waals surface area contributed by atoms with Gasteiger partial charge in [0.05, 0.1) is 5.39 Å². The largest absolute Gasteiger partial charge is 0.275 e. The van der Waals surface area contributed by atoms with Crippen molar-refractivity contribution in [3.8, 4) is 10.4 Å². The molecule has 0 unspecified atom stereocenters. The van der Waals surface area contributed by atoms with E-state index in [1.165, 1.54) is 17.4 Å². The SMILES string of the molecule is CC1=CC(=O)N(Nc2nc(Cc3cccs3)nc3scc(-c4cccs4)c23)C1=O. The number of carbonyl (C=O) groups is 2. The fourth-order valence-corrected chi connectivity index (χ4v) is 5.61. The minimum absolute atomic E-state index is 0.366. The maximum atomic E-state index is 12.4. The summed E-state index contributed by atoms with van der Waals surface area (Å²) in [6.07, 6.45) is 1.92. The number of hydrogen-bond donors (Lipinski definition) is 1. The monoisotopic (exact) mass is 438 g/mol. The maximum Gasteiger partial charge on any atom is 0.275 e. The highest BCUT2D eigenvalue weighted by molar-refractivity contribution is 7.18. The number of rotatable bonds is 5. The first-order valence-corrected chi connectivity index (χ1v) is 11.4. The first-order valence-electron chi connectivity index (χ1n) is 8.78. The van der Waals surface area contributed by atoms with Crippen LogP contribution in [0.25, 0.3) is 20.7 Å². The quantitative estimate of drug-likeness (QED) is 0.457. The van der Waals surface area contributed by atoms with Crippen LogP contribution >= 0.6 is 34.0 Å². The smallest absolute Gasteiger partial charge is 0.271 e. The molecule has 4 aromatic rings. The number of thiophene rings is 3. The van der Waals surface area contributed by atoms with Crippen molar-refractivity contribution in [3.05, 3.63) is 62.8 Å². The minimum Gasteiger partial charge on any atom is -0.271 e. The predicted molar refractivity (Wildman–Crippen MR) is 117 cm³/mol. The van der Waals surface area contributed by atoms with Crippen LogP contribution in [0.5, 0.6) is 0 Å². The van der Waals surface area contributed by atoms with Gasteiger partial charge in [-0.15, -0.1) is 34.0 Å². The summed E-state index contributed by atoms with van der Waals surface area (Å²) in [6.45, 7) is 1.63. The molecule has 1 N–H and O–H groups in total. The second-order valence-electron chi connectivity index (χ2n) is 6.47. The van der Waals surface area contributed by atoms with Crippen molar-refractivity contribution in [1.82, 2.24) is 15.0 Å². The van der Waals surface area contributed by atoms with E-state index in [2.05, 4.69) is 5.43 Å². The Morgan fingerprint density at radius 1 is 1.07 bits per heavy atom. The summed E-state index contributed by atoms with van der Waals surface area (Å²) in [5, 5.41) is 7.91. The van der Waals surface area contributed by atoms with Crippen molar-refractivity contribution < 1.29 is 9.59 Å². The summed E-state index contributed by atoms with van der Waals surface area (Å²) < 4.78 is 0. The average molecular weight is 439 g/mol. The first-order chi connectivity index (χ1) is 14.1. The Kier molecular flexibility index (Phi) is 4.50. The first kappa shape index (κ1) is 18.2. The summed E-state index contributed by atoms with van der Waals surface area (Å²) >= 11 is 4.80. The third-order valence-electron chi connectivity index (χ3n) is 4.50. The molecule has 0 saturated carbocycles. The molecule has 5 heterocycles. The summed E-state index contributed by atoms with van der Waals surface area (Å²) in [5.41, 5.74) is 4.36. The average Bonchev–Trinajstić information content (AvgIpc) is 3.47. The van der Waals surface area contributed by atoms with Crippen molar-refractivity contribution >= 4 is 61.9 Å². The van der Waals surface area contributed by atoms with Gasteiger partial charge < -0.3 is 0 Å². The zero-order chi connectivity index (χ0) is 20.0. The molecule has 29 heavy (non-hydrogen) atoms. The molecule has 144 valence electrons. The molecule has 0 bridgehead atoms. The number of hydrazine groups is 1. The number of nitrogens with zero attached hydrogens (tertiary/aromatic N) is 3. The molecule has 0 aromatic carbocycles. The van der Waals surface area contributed by atoms with Gasteiger partial charge in [-0.25, -0.2) is 9.97 Å². The highest BCUT2D eigenvalue weighted by Crippen LogP contribution is 2.39. The lowest BCUT2D eigenvalue weighted by Gasteiger charge is -2.18. The number of aromatic nitrogens is 2. The van der Waals surface area contributed by atoms with Gasteiger partial charge in [-0.3, -0.25) is 15.0 Å². The zero-order valence-corrected chi connectivity index (χ0v) is 17.7. The molecule has 6 nitrogen and oxygen atoms in total. The second-order valence-corrected chi connectivity index (χ2v) is 9.31. The van der Waals surface area contributed by atoms with Crippen molar-refractivity contribution in [2.75, 3.05) is 5.43 Å². The van der Waals surface area contributed by atoms with Crippen LogP contribution in [0.15, 0.2) is 52.1 Å². The van der Waals surface area contributed by atoms with E-state index in [1.54, 1.807) is 29.6 Å². The van der Waals surface area contributed by atoms with Crippen molar-refractivity contribution in [2.24, 2.45) is 0 Å². The highest BCUT2D eigenvalue weighted by atomic mass is 32.1. The van der Waals surface area contributed by atoms with Gasteiger partial charge >= 0.3 is 0 Å². The summed E-state index contributed by atoms with van der Waals surface area (Å²) in [4.78, 5) is 37.1. The van der Waals surface area contributed by atoms with Gasteiger partial charge in [0, 0.05) is 38.8 Å². The lowest BCUT2D eigenvalue weighted by molar-refractivity contribution is -0.135. The van der Waals surface area contributed by atoms with Crippen molar-refractivity contribution in [2.45, 2.75) is 13.3 Å². The zero-order valence-electron chi connectivity index (χ0n) is 15.2. The van der Waals surface area contributed by atoms with Crippen LogP contribution in [0.4, 0.5) is 5.82 Å². The molecule has 1 aliphatic heterocycles. The number of anilines is 1. The number of nitrogens with one attached hydrogen (secondary N) is 1. The fourth-order valence-electron chi connectivity index (χ4n) is 3.13. The Hall–Kier alpha value is -2.88. The normalized spacial score (nSPS) is 14.1. The molecule has 0 atom stereocenters. The molecule has 0 radical (unpaired) electrons. The fraction of sp³-hybridized carbons (Fsp3) is 0.100. The molecule has 5 rings (SSSR count). The van der Waals surface area contributed by atoms with Gasteiger partial charge in [-0.05, 0) is 29.8 Å². The Bertz CT molecular complexity index is 1260. The van der Waals surface area contributed by atoms with Crippen LogP contribution in [-0.4, -0.2) is 26.8 Å². The Morgan fingerprint density at radius 3 is 2.59 bits per heavy atom. The van der Waals surface area contributed by atoms with E-state index in [-0.39, 0.29) is 5.91 Å². The Labute approximate surface area is 178 Å². The van der Waals surface area contributed by atoms with E-state index >= 15 is 0 Å². The van der Waals surface area contributed by atoms with Gasteiger partial charge in [0.15, 0.2) is 5.82 Å². The molecule has 4 aromatic heterocycles. The van der Waals surface area contributed by atoms with E-state index in [4.69, 9.17) is 9.97 Å². The third kappa shape index (κ3) is 3.27. The highest BCUT2D eigenvalue weighted by Gasteiger charge is 2.30. The van der Waals surface area contributed by atoms with E-state index < -0.39 is 5.91 Å². The van der Waals surface area contributed by atoms with E-state index in [0.29, 0.717) is 23.6 Å². The van der Waals surface area contributed by atoms with Crippen LogP contribution in [0.3, 0.4) is 0 Å². The standard InChI is InChI=1S/C20H14N4O2S3/c1-11-8-16(25)24(20(11)26)23-18-17-13(14-5-3-7-28-14)10-29-19(17)22-15(21-18)9-12-4-2-6-27-12/h2-8,10H,9H2,1H3,(H,21,22,23). The van der Waals surface area contributed by atoms with Crippen LogP contribution in [-0.2, 0) is 16.0 Å². The van der Waals surface area contributed by atoms with Gasteiger partial charge in [-0.2, -0.15) is 5.01 Å². The minimum atomic E-state index is -0.396. The van der Waals surface area contributed by atoms with Gasteiger partial charge in [0.25, 0.3) is 11.8 Å². The molecule has 0 aliphatic carbocycles. The van der Waals surface area contributed by atoms with E-state index in [0.717, 1.165) is 30.5 Å². The number of amides is 2. The topological polar surface area (TPSA) is 75.2 Å². The molecule has 0 saturated heterocycles. The van der Waals surface area contributed by atoms with Crippen LogP contribution in [0.1, 0.15) is 17.6 Å². The number of fused-ring (bicyclic) bond motifs is 1. The van der Waals surface area contributed by atoms with Gasteiger partial charge in [-0.1, -0.05) is 12.1 Å². The molecular weight excluding hydrogens is 424 g/mol. The van der Waals surface area contributed by atoms with Crippen molar-refractivity contribution in [3.63, 3.8) is 0 Å². The molecule has 0 fully saturated rings. The van der Waals surface area contributed by atoms with Gasteiger partial charge in [0.1, 0.15) is 10.7 Å². The van der Waals surface area contributed by atoms with Crippen LogP contribution in [0.2, 0.25) is 0 Å². The summed E-state index contributed by atoms with van der Waals surface area (Å²) in [6, 6.07) is 8.06. The van der Waals surface area contributed by atoms with Crippen molar-refractivity contribution in [1.29, 1.82) is 0 Å². The molecule has 9 heteroatoms. The van der Waals surface area contributed by atoms with Crippen LogP contribution in [0, 0.1) is 0 Å². The second kappa shape index (κ2) is 7.18. The predicted octanol–water partition coefficient (Wildman–Crippen LogP) is 4.71. The lowest BCUT2D eigenvalue weighted by atomic mass is 10.2. The summed E-state index contributed by atoms with van der Waals surface area (Å²) in [7, 11) is 0. The maximum absolute atomic E-state index is 12.4. The molecule has 2 amide bonds. The number of imide groups is 1. The Balaban J connectivity index is 1.62. The lowest BCUT2D eigenvalue weighted by Crippen LogP contribution is -2.36. The summed E-state index contributed by atoms with van der Waals surface area (Å²) in [5.74, 6) is 0.350. The van der Waals surface area contributed by atoms with E-state index in [9.17, 15) is 9.59 Å². The van der Waals surface area contributed by atoms with Gasteiger partial charge in [0.2, 0.25) is 0 Å². The number of carbonyl (C=O) groups excluding carboxylic acids is 2. The van der Waals surface area contributed by atoms with Crippen LogP contribution < -0.4 is 5.43 Å². The number of hydrogen-bond acceptors (Lipinski definition) is 8. The van der Waals surface area contributed by atoms with E-state index in [1.807, 2.05) is 40.4 Å². The molecule has 1 aliphatic rings. The third-order valence-corrected chi connectivity index (χ3v) is 7.15.